The molecule has 44 heavy (non-hydrogen) atoms. The van der Waals surface area contributed by atoms with Gasteiger partial charge in [-0.1, -0.05) is 0 Å². The molecule has 1 saturated carbocycles. The molecule has 0 spiro atoms. The maximum atomic E-state index is 2.72. The molecule has 1 heteroatoms. The number of allylic oxidation sites excluding steroid dienone is 4. The molecule has 0 heterocycles. The Balaban J connectivity index is 1.46. The summed E-state index contributed by atoms with van der Waals surface area (Å²) >= 11 is -2.30. The predicted octanol–water partition coefficient (Wildman–Crippen LogP) is 10.5. The van der Waals surface area contributed by atoms with Gasteiger partial charge in [0.2, 0.25) is 0 Å². The molecule has 1 fully saturated rings. The van der Waals surface area contributed by atoms with Crippen LogP contribution in [0.15, 0.2) is 113 Å². The molecule has 0 aliphatic heterocycles. The van der Waals surface area contributed by atoms with Gasteiger partial charge < -0.3 is 0 Å². The molecule has 0 radical (unpaired) electrons. The Morgan fingerprint density at radius 2 is 1.20 bits per heavy atom. The van der Waals surface area contributed by atoms with Gasteiger partial charge in [-0.2, -0.15) is 0 Å². The fourth-order valence-corrected chi connectivity index (χ4v) is 16.4. The SMILES string of the molecule is CC(C)(c1ccccc1)c1ccc2c(c1)-c1cc(C(C)(C)c3ccccc3)c[c]([Zr]([C]3=CC=CC3)=[C]3CCCCCC3)c1C2. The van der Waals surface area contributed by atoms with Crippen LogP contribution in [-0.2, 0) is 38.5 Å². The van der Waals surface area contributed by atoms with Crippen molar-refractivity contribution < 1.29 is 21.3 Å². The first kappa shape index (κ1) is 29.8. The van der Waals surface area contributed by atoms with Crippen molar-refractivity contribution in [2.24, 2.45) is 0 Å². The van der Waals surface area contributed by atoms with E-state index in [0.29, 0.717) is 0 Å². The second-order valence-electron chi connectivity index (χ2n) is 14.3. The van der Waals surface area contributed by atoms with Gasteiger partial charge in [0.15, 0.2) is 0 Å². The van der Waals surface area contributed by atoms with E-state index in [1.54, 1.807) is 12.1 Å². The van der Waals surface area contributed by atoms with Crippen LogP contribution in [0.3, 0.4) is 0 Å². The molecule has 3 aliphatic rings. The normalized spacial score (nSPS) is 16.4. The molecular formula is C43H46Zr. The summed E-state index contributed by atoms with van der Waals surface area (Å²) < 4.78 is 5.54. The third-order valence-electron chi connectivity index (χ3n) is 10.9. The first-order valence-corrected chi connectivity index (χ1v) is 20.5. The van der Waals surface area contributed by atoms with Gasteiger partial charge in [-0.3, -0.25) is 0 Å². The molecule has 0 nitrogen and oxygen atoms in total. The zero-order chi connectivity index (χ0) is 30.3. The predicted molar refractivity (Wildman–Crippen MR) is 186 cm³/mol. The average Bonchev–Trinajstić information content (AvgIpc) is 3.63. The van der Waals surface area contributed by atoms with Crippen LogP contribution in [0.5, 0.6) is 0 Å². The van der Waals surface area contributed by atoms with E-state index < -0.39 is 21.3 Å². The minimum absolute atomic E-state index is 0.0553. The van der Waals surface area contributed by atoms with Gasteiger partial charge in [0, 0.05) is 0 Å². The third kappa shape index (κ3) is 5.45. The fraction of sp³-hybridized carbons (Fsp3) is 0.326. The van der Waals surface area contributed by atoms with Gasteiger partial charge in [0.05, 0.1) is 0 Å². The summed E-state index contributed by atoms with van der Waals surface area (Å²) in [6.45, 7) is 9.65. The van der Waals surface area contributed by atoms with Crippen molar-refractivity contribution in [1.82, 2.24) is 0 Å². The van der Waals surface area contributed by atoms with E-state index in [9.17, 15) is 0 Å². The van der Waals surface area contributed by atoms with E-state index in [-0.39, 0.29) is 10.8 Å². The van der Waals surface area contributed by atoms with Crippen LogP contribution in [0.25, 0.3) is 11.1 Å². The van der Waals surface area contributed by atoms with E-state index in [2.05, 4.69) is 137 Å². The molecule has 222 valence electrons. The van der Waals surface area contributed by atoms with Gasteiger partial charge in [-0.05, 0) is 0 Å². The van der Waals surface area contributed by atoms with Crippen molar-refractivity contribution in [3.8, 4) is 11.1 Å². The van der Waals surface area contributed by atoms with Crippen molar-refractivity contribution in [2.75, 3.05) is 0 Å². The van der Waals surface area contributed by atoms with Gasteiger partial charge in [0.1, 0.15) is 0 Å². The van der Waals surface area contributed by atoms with Crippen molar-refractivity contribution in [1.29, 1.82) is 0 Å². The summed E-state index contributed by atoms with van der Waals surface area (Å²) in [5.74, 6) is 0. The van der Waals surface area contributed by atoms with Crippen molar-refractivity contribution in [3.63, 3.8) is 0 Å². The molecule has 0 aromatic heterocycles. The van der Waals surface area contributed by atoms with Crippen molar-refractivity contribution in [2.45, 2.75) is 89.9 Å². The molecule has 0 bridgehead atoms. The van der Waals surface area contributed by atoms with Crippen LogP contribution in [-0.4, -0.2) is 3.21 Å². The molecule has 4 aromatic carbocycles. The van der Waals surface area contributed by atoms with Crippen LogP contribution in [0.4, 0.5) is 0 Å². The van der Waals surface area contributed by atoms with Crippen molar-refractivity contribution >= 4 is 6.48 Å². The summed E-state index contributed by atoms with van der Waals surface area (Å²) in [6.07, 6.45) is 17.8. The Kier molecular flexibility index (Phi) is 8.22. The Hall–Kier alpha value is -2.89. The van der Waals surface area contributed by atoms with Gasteiger partial charge in [0.25, 0.3) is 0 Å². The average molecular weight is 654 g/mol. The van der Waals surface area contributed by atoms with Crippen LogP contribution in [0.1, 0.15) is 106 Å². The second kappa shape index (κ2) is 12.1. The summed E-state index contributed by atoms with van der Waals surface area (Å²) in [5.41, 5.74) is 11.7. The van der Waals surface area contributed by atoms with Gasteiger partial charge in [-0.15, -0.1) is 0 Å². The second-order valence-corrected chi connectivity index (χ2v) is 20.8. The van der Waals surface area contributed by atoms with Crippen LogP contribution in [0.2, 0.25) is 0 Å². The summed E-state index contributed by atoms with van der Waals surface area (Å²) in [7, 11) is 0. The molecule has 0 unspecified atom stereocenters. The van der Waals surface area contributed by atoms with E-state index in [1.807, 2.05) is 3.21 Å². The van der Waals surface area contributed by atoms with E-state index >= 15 is 0 Å². The van der Waals surface area contributed by atoms with Crippen molar-refractivity contribution in [3.05, 3.63) is 146 Å². The third-order valence-corrected chi connectivity index (χ3v) is 18.8. The fourth-order valence-electron chi connectivity index (χ4n) is 7.92. The van der Waals surface area contributed by atoms with Gasteiger partial charge in [-0.25, -0.2) is 0 Å². The van der Waals surface area contributed by atoms with E-state index in [1.165, 1.54) is 83.9 Å². The van der Waals surface area contributed by atoms with Crippen LogP contribution < -0.4 is 3.27 Å². The zero-order valence-corrected chi connectivity index (χ0v) is 29.5. The minimum atomic E-state index is -2.30. The molecule has 0 N–H and O–H groups in total. The number of hydrogen-bond donors (Lipinski definition) is 0. The molecule has 7 rings (SSSR count). The molecular weight excluding hydrogens is 608 g/mol. The first-order chi connectivity index (χ1) is 21.3. The number of hydrogen-bond acceptors (Lipinski definition) is 0. The maximum absolute atomic E-state index is 2.72. The molecule has 0 amide bonds. The molecule has 3 aliphatic carbocycles. The quantitative estimate of drug-likeness (QED) is 0.160. The Morgan fingerprint density at radius 1 is 0.591 bits per heavy atom. The molecule has 4 aromatic rings. The number of fused-ring (bicyclic) bond motifs is 3. The Bertz CT molecular complexity index is 1770. The summed E-state index contributed by atoms with van der Waals surface area (Å²) in [6, 6.07) is 35.0. The zero-order valence-electron chi connectivity index (χ0n) is 27.0. The summed E-state index contributed by atoms with van der Waals surface area (Å²) in [5, 5.41) is 0. The Labute approximate surface area is 273 Å². The van der Waals surface area contributed by atoms with Crippen LogP contribution >= 0.6 is 0 Å². The number of rotatable bonds is 6. The summed E-state index contributed by atoms with van der Waals surface area (Å²) in [4.78, 5) is 0. The topological polar surface area (TPSA) is 0 Å². The standard InChI is InChI=1S/C31H29.C7H12.C5H5.Zr/c1-30(2,24-11-7-5-8-12-24)26-17-15-22-19-23-16-18-27(21-29(23)28(22)20-26)31(3,4)25-13-9-6-10-14-25;1-2-4-6-7-5-3-1;1-2-4-5-3-1;/h5-15,17-18,20-21H,19H2,1-4H3;1-6H2;1-3H,4H2;. The van der Waals surface area contributed by atoms with E-state index in [4.69, 9.17) is 0 Å². The molecule has 0 atom stereocenters. The molecule has 0 saturated heterocycles. The first-order valence-electron chi connectivity index (χ1n) is 16.8. The number of benzene rings is 4. The van der Waals surface area contributed by atoms with E-state index in [0.717, 1.165) is 6.42 Å². The van der Waals surface area contributed by atoms with Gasteiger partial charge >= 0.3 is 275 Å². The monoisotopic (exact) mass is 652 g/mol. The Morgan fingerprint density at radius 3 is 1.82 bits per heavy atom. The van der Waals surface area contributed by atoms with Crippen LogP contribution in [0, 0.1) is 0 Å².